The zero-order valence-electron chi connectivity index (χ0n) is 13.1. The number of carbonyl (C=O) groups is 1. The first-order chi connectivity index (χ1) is 9.99. The van der Waals surface area contributed by atoms with Crippen LogP contribution in [-0.4, -0.2) is 42.7 Å². The highest BCUT2D eigenvalue weighted by molar-refractivity contribution is 5.72. The Kier molecular flexibility index (Phi) is 5.37. The van der Waals surface area contributed by atoms with Crippen molar-refractivity contribution in [1.82, 2.24) is 4.90 Å². The number of ether oxygens (including phenoxy) is 1. The lowest BCUT2D eigenvalue weighted by atomic mass is 9.96. The van der Waals surface area contributed by atoms with Gasteiger partial charge >= 0.3 is 5.97 Å². The standard InChI is InChI=1S/C17H25NO3/c1-12-8-13(2)10-15(9-12)16(19)11-18-6-4-14(5-7-18)17(20)21-3/h8-10,14,16,19H,4-7,11H2,1-3H3. The minimum Gasteiger partial charge on any atom is -0.469 e. The van der Waals surface area contributed by atoms with E-state index in [1.54, 1.807) is 0 Å². The number of aryl methyl sites for hydroxylation is 2. The molecule has 1 heterocycles. The molecule has 21 heavy (non-hydrogen) atoms. The van der Waals surface area contributed by atoms with Gasteiger partial charge < -0.3 is 14.7 Å². The lowest BCUT2D eigenvalue weighted by molar-refractivity contribution is -0.147. The van der Waals surface area contributed by atoms with E-state index in [1.807, 2.05) is 26.0 Å². The molecule has 1 aliphatic heterocycles. The van der Waals surface area contributed by atoms with Crippen molar-refractivity contribution in [2.24, 2.45) is 5.92 Å². The second-order valence-electron chi connectivity index (χ2n) is 6.03. The Hall–Kier alpha value is -1.39. The first kappa shape index (κ1) is 16.0. The average Bonchev–Trinajstić information content (AvgIpc) is 2.46. The van der Waals surface area contributed by atoms with Gasteiger partial charge in [0, 0.05) is 6.54 Å². The predicted molar refractivity (Wildman–Crippen MR) is 82.1 cm³/mol. The normalized spacial score (nSPS) is 18.5. The second kappa shape index (κ2) is 7.05. The van der Waals surface area contributed by atoms with Crippen molar-refractivity contribution < 1.29 is 14.6 Å². The molecule has 0 aliphatic carbocycles. The van der Waals surface area contributed by atoms with E-state index in [0.717, 1.165) is 31.5 Å². The topological polar surface area (TPSA) is 49.8 Å². The van der Waals surface area contributed by atoms with E-state index in [9.17, 15) is 9.90 Å². The van der Waals surface area contributed by atoms with E-state index in [2.05, 4.69) is 11.0 Å². The van der Waals surface area contributed by atoms with Gasteiger partial charge in [-0.15, -0.1) is 0 Å². The monoisotopic (exact) mass is 291 g/mol. The smallest absolute Gasteiger partial charge is 0.308 e. The Bertz CT molecular complexity index is 473. The molecule has 1 fully saturated rings. The van der Waals surface area contributed by atoms with Gasteiger partial charge in [0.1, 0.15) is 0 Å². The largest absolute Gasteiger partial charge is 0.469 e. The van der Waals surface area contributed by atoms with Crippen molar-refractivity contribution in [1.29, 1.82) is 0 Å². The van der Waals surface area contributed by atoms with Gasteiger partial charge in [-0.05, 0) is 45.3 Å². The average molecular weight is 291 g/mol. The van der Waals surface area contributed by atoms with Crippen LogP contribution < -0.4 is 0 Å². The number of rotatable bonds is 4. The van der Waals surface area contributed by atoms with Crippen LogP contribution in [0.5, 0.6) is 0 Å². The van der Waals surface area contributed by atoms with Crippen LogP contribution in [0.15, 0.2) is 18.2 Å². The number of carbonyl (C=O) groups excluding carboxylic acids is 1. The Labute approximate surface area is 126 Å². The molecule has 1 saturated heterocycles. The molecule has 4 heteroatoms. The summed E-state index contributed by atoms with van der Waals surface area (Å²) in [6.07, 6.45) is 1.15. The summed E-state index contributed by atoms with van der Waals surface area (Å²) in [7, 11) is 1.44. The van der Waals surface area contributed by atoms with Crippen LogP contribution in [-0.2, 0) is 9.53 Å². The third-order valence-corrected chi connectivity index (χ3v) is 4.18. The third-order valence-electron chi connectivity index (χ3n) is 4.18. The number of hydrogen-bond acceptors (Lipinski definition) is 4. The van der Waals surface area contributed by atoms with Crippen LogP contribution in [0.3, 0.4) is 0 Å². The van der Waals surface area contributed by atoms with Crippen LogP contribution in [0.4, 0.5) is 0 Å². The molecular weight excluding hydrogens is 266 g/mol. The minimum absolute atomic E-state index is 0.0182. The molecule has 0 spiro atoms. The number of aliphatic hydroxyl groups is 1. The van der Waals surface area contributed by atoms with E-state index in [0.29, 0.717) is 6.54 Å². The fourth-order valence-corrected chi connectivity index (χ4v) is 3.07. The summed E-state index contributed by atoms with van der Waals surface area (Å²) in [4.78, 5) is 13.7. The van der Waals surface area contributed by atoms with Crippen LogP contribution in [0.1, 0.15) is 35.6 Å². The van der Waals surface area contributed by atoms with E-state index in [4.69, 9.17) is 4.74 Å². The maximum absolute atomic E-state index is 11.5. The number of likely N-dealkylation sites (tertiary alicyclic amines) is 1. The highest BCUT2D eigenvalue weighted by Crippen LogP contribution is 2.22. The maximum atomic E-state index is 11.5. The SMILES string of the molecule is COC(=O)C1CCN(CC(O)c2cc(C)cc(C)c2)CC1. The molecule has 1 aromatic carbocycles. The summed E-state index contributed by atoms with van der Waals surface area (Å²) in [5.41, 5.74) is 3.32. The Morgan fingerprint density at radius 3 is 2.38 bits per heavy atom. The second-order valence-corrected chi connectivity index (χ2v) is 6.03. The van der Waals surface area contributed by atoms with Crippen molar-refractivity contribution in [3.63, 3.8) is 0 Å². The zero-order chi connectivity index (χ0) is 15.4. The predicted octanol–water partition coefficient (Wildman–Crippen LogP) is 2.22. The van der Waals surface area contributed by atoms with E-state index >= 15 is 0 Å². The number of piperidine rings is 1. The molecule has 0 aromatic heterocycles. The third kappa shape index (κ3) is 4.29. The summed E-state index contributed by atoms with van der Waals surface area (Å²) < 4.78 is 4.79. The maximum Gasteiger partial charge on any atom is 0.308 e. The first-order valence-electron chi connectivity index (χ1n) is 7.56. The van der Waals surface area contributed by atoms with E-state index in [-0.39, 0.29) is 11.9 Å². The number of hydrogen-bond donors (Lipinski definition) is 1. The van der Waals surface area contributed by atoms with Crippen LogP contribution >= 0.6 is 0 Å². The van der Waals surface area contributed by atoms with E-state index < -0.39 is 6.10 Å². The fourth-order valence-electron chi connectivity index (χ4n) is 3.07. The lowest BCUT2D eigenvalue weighted by Gasteiger charge is -2.32. The molecule has 1 aliphatic rings. The molecule has 0 bridgehead atoms. The quantitative estimate of drug-likeness (QED) is 0.864. The number of nitrogens with zero attached hydrogens (tertiary/aromatic N) is 1. The lowest BCUT2D eigenvalue weighted by Crippen LogP contribution is -2.38. The molecular formula is C17H25NO3. The number of aliphatic hydroxyl groups excluding tert-OH is 1. The molecule has 1 aromatic rings. The Balaban J connectivity index is 1.89. The van der Waals surface area contributed by atoms with Gasteiger partial charge in [0.15, 0.2) is 0 Å². The summed E-state index contributed by atoms with van der Waals surface area (Å²) in [6.45, 7) is 6.39. The van der Waals surface area contributed by atoms with Crippen molar-refractivity contribution in [2.45, 2.75) is 32.8 Å². The van der Waals surface area contributed by atoms with Crippen LogP contribution in [0.25, 0.3) is 0 Å². The molecule has 116 valence electrons. The first-order valence-corrected chi connectivity index (χ1v) is 7.56. The molecule has 0 saturated carbocycles. The molecule has 4 nitrogen and oxygen atoms in total. The van der Waals surface area contributed by atoms with Gasteiger partial charge in [-0.1, -0.05) is 29.3 Å². The summed E-state index contributed by atoms with van der Waals surface area (Å²) in [5, 5.41) is 10.4. The van der Waals surface area contributed by atoms with E-state index in [1.165, 1.54) is 18.2 Å². The van der Waals surface area contributed by atoms with Crippen LogP contribution in [0.2, 0.25) is 0 Å². The van der Waals surface area contributed by atoms with Gasteiger partial charge in [0.2, 0.25) is 0 Å². The molecule has 2 rings (SSSR count). The molecule has 1 atom stereocenters. The molecule has 1 unspecified atom stereocenters. The van der Waals surface area contributed by atoms with Crippen LogP contribution in [0, 0.1) is 19.8 Å². The summed E-state index contributed by atoms with van der Waals surface area (Å²) in [6, 6.07) is 6.19. The minimum atomic E-state index is -0.474. The molecule has 1 N–H and O–H groups in total. The number of esters is 1. The van der Waals surface area contributed by atoms with Crippen molar-refractivity contribution in [3.05, 3.63) is 34.9 Å². The summed E-state index contributed by atoms with van der Waals surface area (Å²) in [5.74, 6) is -0.0888. The Morgan fingerprint density at radius 2 is 1.86 bits per heavy atom. The van der Waals surface area contributed by atoms with Gasteiger partial charge in [-0.3, -0.25) is 4.79 Å². The number of benzene rings is 1. The zero-order valence-corrected chi connectivity index (χ0v) is 13.1. The van der Waals surface area contributed by atoms with Crippen molar-refractivity contribution in [3.8, 4) is 0 Å². The number of β-amino-alcohol motifs (C(OH)–C–C–N with tert-alkyl or cyclic N) is 1. The summed E-state index contributed by atoms with van der Waals surface area (Å²) >= 11 is 0. The number of methoxy groups -OCH3 is 1. The Morgan fingerprint density at radius 1 is 1.29 bits per heavy atom. The highest BCUT2D eigenvalue weighted by atomic mass is 16.5. The van der Waals surface area contributed by atoms with Gasteiger partial charge in [-0.2, -0.15) is 0 Å². The van der Waals surface area contributed by atoms with Crippen molar-refractivity contribution >= 4 is 5.97 Å². The highest BCUT2D eigenvalue weighted by Gasteiger charge is 2.26. The molecule has 0 amide bonds. The molecule has 0 radical (unpaired) electrons. The van der Waals surface area contributed by atoms with Gasteiger partial charge in [0.05, 0.1) is 19.1 Å². The van der Waals surface area contributed by atoms with Gasteiger partial charge in [0.25, 0.3) is 0 Å². The van der Waals surface area contributed by atoms with Gasteiger partial charge in [-0.25, -0.2) is 0 Å². The fraction of sp³-hybridized carbons (Fsp3) is 0.588. The van der Waals surface area contributed by atoms with Crippen molar-refractivity contribution in [2.75, 3.05) is 26.7 Å².